The number of aromatic amines is 1. The maximum atomic E-state index is 4.55. The molecular formula is C19H17N7. The average Bonchev–Trinajstić information content (AvgIpc) is 3.21. The first-order valence-corrected chi connectivity index (χ1v) is 8.22. The highest BCUT2D eigenvalue weighted by Gasteiger charge is 2.09. The second kappa shape index (κ2) is 7.43. The number of hydrogen-bond donors (Lipinski definition) is 3. The van der Waals surface area contributed by atoms with Gasteiger partial charge in [-0.2, -0.15) is 20.1 Å². The van der Waals surface area contributed by atoms with Crippen molar-refractivity contribution in [2.24, 2.45) is 0 Å². The van der Waals surface area contributed by atoms with E-state index in [0.717, 1.165) is 16.9 Å². The SMILES string of the molecule is c1ccc(Nc2nc(NCc3ccn[nH]3)nc(-c3ccccc3)n2)cc1. The van der Waals surface area contributed by atoms with E-state index in [9.17, 15) is 0 Å². The highest BCUT2D eigenvalue weighted by atomic mass is 15.2. The molecule has 3 N–H and O–H groups in total. The van der Waals surface area contributed by atoms with E-state index in [1.54, 1.807) is 6.20 Å². The van der Waals surface area contributed by atoms with Gasteiger partial charge in [-0.3, -0.25) is 5.10 Å². The number of nitrogens with zero attached hydrogens (tertiary/aromatic N) is 4. The van der Waals surface area contributed by atoms with Gasteiger partial charge in [0.05, 0.1) is 12.2 Å². The highest BCUT2D eigenvalue weighted by Crippen LogP contribution is 2.20. The van der Waals surface area contributed by atoms with Crippen molar-refractivity contribution in [3.05, 3.63) is 78.6 Å². The molecule has 0 amide bonds. The Morgan fingerprint density at radius 2 is 1.50 bits per heavy atom. The molecule has 0 unspecified atom stereocenters. The van der Waals surface area contributed by atoms with Crippen LogP contribution in [0.4, 0.5) is 17.6 Å². The Morgan fingerprint density at radius 3 is 2.23 bits per heavy atom. The van der Waals surface area contributed by atoms with Crippen LogP contribution in [0.1, 0.15) is 5.69 Å². The molecule has 7 heteroatoms. The molecule has 128 valence electrons. The predicted octanol–water partition coefficient (Wildman–Crippen LogP) is 3.62. The van der Waals surface area contributed by atoms with Crippen LogP contribution in [0.2, 0.25) is 0 Å². The monoisotopic (exact) mass is 343 g/mol. The zero-order valence-corrected chi connectivity index (χ0v) is 13.9. The lowest BCUT2D eigenvalue weighted by Gasteiger charge is -2.10. The number of hydrogen-bond acceptors (Lipinski definition) is 6. The molecule has 0 bridgehead atoms. The van der Waals surface area contributed by atoms with Gasteiger partial charge in [0.15, 0.2) is 5.82 Å². The molecule has 0 radical (unpaired) electrons. The summed E-state index contributed by atoms with van der Waals surface area (Å²) >= 11 is 0. The maximum absolute atomic E-state index is 4.55. The molecule has 0 aliphatic heterocycles. The van der Waals surface area contributed by atoms with E-state index in [4.69, 9.17) is 0 Å². The maximum Gasteiger partial charge on any atom is 0.232 e. The van der Waals surface area contributed by atoms with Gasteiger partial charge in [-0.15, -0.1) is 0 Å². The summed E-state index contributed by atoms with van der Waals surface area (Å²) in [5, 5.41) is 13.3. The molecule has 4 rings (SSSR count). The minimum absolute atomic E-state index is 0.483. The normalized spacial score (nSPS) is 10.5. The topological polar surface area (TPSA) is 91.4 Å². The lowest BCUT2D eigenvalue weighted by Crippen LogP contribution is -2.08. The Kier molecular flexibility index (Phi) is 4.51. The molecule has 4 aromatic rings. The Morgan fingerprint density at radius 1 is 0.769 bits per heavy atom. The molecule has 2 heterocycles. The summed E-state index contributed by atoms with van der Waals surface area (Å²) in [4.78, 5) is 13.6. The van der Waals surface area contributed by atoms with Crippen LogP contribution in [-0.4, -0.2) is 25.1 Å². The van der Waals surface area contributed by atoms with Gasteiger partial charge in [0.1, 0.15) is 0 Å². The lowest BCUT2D eigenvalue weighted by molar-refractivity contribution is 0.953. The lowest BCUT2D eigenvalue weighted by atomic mass is 10.2. The number of anilines is 3. The first-order chi connectivity index (χ1) is 12.9. The summed E-state index contributed by atoms with van der Waals surface area (Å²) < 4.78 is 0. The molecule has 26 heavy (non-hydrogen) atoms. The number of benzene rings is 2. The molecule has 0 spiro atoms. The largest absolute Gasteiger partial charge is 0.348 e. The highest BCUT2D eigenvalue weighted by molar-refractivity contribution is 5.60. The van der Waals surface area contributed by atoms with Crippen LogP contribution < -0.4 is 10.6 Å². The number of rotatable bonds is 6. The van der Waals surface area contributed by atoms with E-state index in [1.165, 1.54) is 0 Å². The van der Waals surface area contributed by atoms with Crippen molar-refractivity contribution in [1.29, 1.82) is 0 Å². The minimum Gasteiger partial charge on any atom is -0.348 e. The summed E-state index contributed by atoms with van der Waals surface area (Å²) in [7, 11) is 0. The fraction of sp³-hybridized carbons (Fsp3) is 0.0526. The second-order valence-corrected chi connectivity index (χ2v) is 5.60. The number of para-hydroxylation sites is 1. The van der Waals surface area contributed by atoms with Crippen LogP contribution in [0.5, 0.6) is 0 Å². The van der Waals surface area contributed by atoms with E-state index < -0.39 is 0 Å². The van der Waals surface area contributed by atoms with Crippen molar-refractivity contribution < 1.29 is 0 Å². The van der Waals surface area contributed by atoms with Crippen LogP contribution in [0.3, 0.4) is 0 Å². The van der Waals surface area contributed by atoms with E-state index in [1.807, 2.05) is 66.7 Å². The summed E-state index contributed by atoms with van der Waals surface area (Å²) in [6.45, 7) is 0.545. The molecule has 2 aromatic carbocycles. The molecule has 0 aliphatic rings. The zero-order chi connectivity index (χ0) is 17.6. The van der Waals surface area contributed by atoms with Crippen LogP contribution in [0.25, 0.3) is 11.4 Å². The fourth-order valence-electron chi connectivity index (χ4n) is 2.44. The fourth-order valence-corrected chi connectivity index (χ4v) is 2.44. The molecule has 0 fully saturated rings. The minimum atomic E-state index is 0.483. The molecular weight excluding hydrogens is 326 g/mol. The van der Waals surface area contributed by atoms with Gasteiger partial charge in [-0.25, -0.2) is 0 Å². The van der Waals surface area contributed by atoms with Crippen molar-refractivity contribution in [3.63, 3.8) is 0 Å². The standard InChI is InChI=1S/C19H17N7/c1-3-7-14(8-4-1)17-23-18(20-13-16-11-12-21-26-16)25-19(24-17)22-15-9-5-2-6-10-15/h1-12H,13H2,(H,21,26)(H2,20,22,23,24,25). The number of nitrogens with one attached hydrogen (secondary N) is 3. The first-order valence-electron chi connectivity index (χ1n) is 8.22. The van der Waals surface area contributed by atoms with Crippen molar-refractivity contribution in [1.82, 2.24) is 25.1 Å². The van der Waals surface area contributed by atoms with Gasteiger partial charge in [-0.1, -0.05) is 48.5 Å². The quantitative estimate of drug-likeness (QED) is 0.495. The van der Waals surface area contributed by atoms with Gasteiger partial charge in [-0.05, 0) is 18.2 Å². The summed E-state index contributed by atoms with van der Waals surface area (Å²) in [6, 6.07) is 21.5. The molecule has 0 atom stereocenters. The Labute approximate surface area is 150 Å². The molecule has 7 nitrogen and oxygen atoms in total. The Bertz CT molecular complexity index is 954. The third-order valence-electron chi connectivity index (χ3n) is 3.69. The third kappa shape index (κ3) is 3.84. The summed E-state index contributed by atoms with van der Waals surface area (Å²) in [5.41, 5.74) is 2.79. The van der Waals surface area contributed by atoms with Crippen LogP contribution >= 0.6 is 0 Å². The van der Waals surface area contributed by atoms with E-state index in [-0.39, 0.29) is 0 Å². The third-order valence-corrected chi connectivity index (χ3v) is 3.69. The van der Waals surface area contributed by atoms with Gasteiger partial charge < -0.3 is 10.6 Å². The predicted molar refractivity (Wildman–Crippen MR) is 101 cm³/mol. The Balaban J connectivity index is 1.64. The summed E-state index contributed by atoms with van der Waals surface area (Å²) in [6.07, 6.45) is 1.71. The van der Waals surface area contributed by atoms with Gasteiger partial charge >= 0.3 is 0 Å². The smallest absolute Gasteiger partial charge is 0.232 e. The number of H-pyrrole nitrogens is 1. The van der Waals surface area contributed by atoms with E-state index >= 15 is 0 Å². The molecule has 2 aromatic heterocycles. The average molecular weight is 343 g/mol. The summed E-state index contributed by atoms with van der Waals surface area (Å²) in [5.74, 6) is 1.58. The van der Waals surface area contributed by atoms with Crippen LogP contribution in [0, 0.1) is 0 Å². The van der Waals surface area contributed by atoms with Crippen molar-refractivity contribution in [2.45, 2.75) is 6.54 Å². The van der Waals surface area contributed by atoms with E-state index in [0.29, 0.717) is 24.3 Å². The second-order valence-electron chi connectivity index (χ2n) is 5.60. The van der Waals surface area contributed by atoms with E-state index in [2.05, 4.69) is 35.8 Å². The van der Waals surface area contributed by atoms with Gasteiger partial charge in [0.25, 0.3) is 0 Å². The number of aromatic nitrogens is 5. The molecule has 0 aliphatic carbocycles. The van der Waals surface area contributed by atoms with Crippen LogP contribution in [-0.2, 0) is 6.54 Å². The van der Waals surface area contributed by atoms with Crippen molar-refractivity contribution in [2.75, 3.05) is 10.6 Å². The van der Waals surface area contributed by atoms with Crippen molar-refractivity contribution >= 4 is 17.6 Å². The van der Waals surface area contributed by atoms with Gasteiger partial charge in [0.2, 0.25) is 11.9 Å². The zero-order valence-electron chi connectivity index (χ0n) is 13.9. The Hall–Kier alpha value is -3.74. The van der Waals surface area contributed by atoms with Crippen LogP contribution in [0.15, 0.2) is 72.9 Å². The first kappa shape index (κ1) is 15.8. The van der Waals surface area contributed by atoms with Crippen molar-refractivity contribution in [3.8, 4) is 11.4 Å². The molecule has 0 saturated carbocycles. The molecule has 0 saturated heterocycles. The van der Waals surface area contributed by atoms with Gasteiger partial charge in [0, 0.05) is 17.4 Å².